The summed E-state index contributed by atoms with van der Waals surface area (Å²) in [7, 11) is -0.765. The Morgan fingerprint density at radius 2 is 2.00 bits per heavy atom. The fourth-order valence-electron chi connectivity index (χ4n) is 1.20. The fourth-order valence-corrected chi connectivity index (χ4v) is 1.70. The van der Waals surface area contributed by atoms with Crippen molar-refractivity contribution in [1.29, 1.82) is 0 Å². The van der Waals surface area contributed by atoms with Gasteiger partial charge in [-0.3, -0.25) is 14.4 Å². The first-order valence-corrected chi connectivity index (χ1v) is 6.38. The molecule has 0 bridgehead atoms. The maximum absolute atomic E-state index is 11.3. The van der Waals surface area contributed by atoms with Crippen LogP contribution in [-0.4, -0.2) is 33.8 Å². The van der Waals surface area contributed by atoms with Gasteiger partial charge in [0.1, 0.15) is 0 Å². The van der Waals surface area contributed by atoms with E-state index in [-0.39, 0.29) is 11.4 Å². The van der Waals surface area contributed by atoms with Crippen LogP contribution in [0.25, 0.3) is 0 Å². The van der Waals surface area contributed by atoms with E-state index in [4.69, 9.17) is 4.74 Å². The van der Waals surface area contributed by atoms with Crippen molar-refractivity contribution >= 4 is 21.4 Å². The van der Waals surface area contributed by atoms with E-state index in [1.54, 1.807) is 0 Å². The number of nitro benzene ring substituents is 1. The molecule has 0 radical (unpaired) electrons. The Bertz CT molecular complexity index is 540. The van der Waals surface area contributed by atoms with Crippen LogP contribution in [0.15, 0.2) is 18.2 Å². The van der Waals surface area contributed by atoms with Gasteiger partial charge in [-0.25, -0.2) is 8.42 Å². The van der Waals surface area contributed by atoms with E-state index in [0.717, 1.165) is 10.6 Å². The van der Waals surface area contributed by atoms with Gasteiger partial charge in [0.05, 0.1) is 24.0 Å². The lowest BCUT2D eigenvalue weighted by molar-refractivity contribution is -0.385. The van der Waals surface area contributed by atoms with Crippen molar-refractivity contribution in [3.8, 4) is 5.75 Å². The van der Waals surface area contributed by atoms with Gasteiger partial charge in [-0.05, 0) is 6.07 Å². The Kier molecular flexibility index (Phi) is 3.56. The maximum Gasteiger partial charge on any atom is 0.311 e. The summed E-state index contributed by atoms with van der Waals surface area (Å²) < 4.78 is 28.5. The van der Waals surface area contributed by atoms with Crippen LogP contribution in [0.3, 0.4) is 0 Å². The number of anilines is 1. The number of benzene rings is 1. The predicted molar refractivity (Wildman–Crippen MR) is 62.9 cm³/mol. The SMILES string of the molecule is COc1cc(N(C)S(C)(=O)=O)ccc1[N+](=O)[O-]. The van der Waals surface area contributed by atoms with Crippen LogP contribution in [0.4, 0.5) is 11.4 Å². The molecule has 8 heteroatoms. The summed E-state index contributed by atoms with van der Waals surface area (Å²) in [6, 6.07) is 3.86. The van der Waals surface area contributed by atoms with Crippen molar-refractivity contribution in [2.75, 3.05) is 24.7 Å². The predicted octanol–water partition coefficient (Wildman–Crippen LogP) is 0.999. The first-order valence-electron chi connectivity index (χ1n) is 4.53. The van der Waals surface area contributed by atoms with Crippen molar-refractivity contribution in [1.82, 2.24) is 0 Å². The molecule has 0 aliphatic heterocycles. The summed E-state index contributed by atoms with van der Waals surface area (Å²) in [4.78, 5) is 10.1. The smallest absolute Gasteiger partial charge is 0.311 e. The molecule has 1 rings (SSSR count). The fraction of sp³-hybridized carbons (Fsp3) is 0.333. The standard InChI is InChI=1S/C9H12N2O5S/c1-10(17(3,14)15)7-4-5-8(11(12)13)9(6-7)16-2/h4-6H,1-3H3. The normalized spacial score (nSPS) is 11.0. The minimum atomic E-state index is -3.41. The average Bonchev–Trinajstić information content (AvgIpc) is 2.25. The highest BCUT2D eigenvalue weighted by atomic mass is 32.2. The number of methoxy groups -OCH3 is 1. The molecule has 0 saturated heterocycles. The summed E-state index contributed by atoms with van der Waals surface area (Å²) in [5, 5.41) is 10.7. The van der Waals surface area contributed by atoms with Gasteiger partial charge in [0, 0.05) is 19.2 Å². The Balaban J connectivity index is 3.28. The van der Waals surface area contributed by atoms with Gasteiger partial charge in [-0.2, -0.15) is 0 Å². The van der Waals surface area contributed by atoms with Crippen molar-refractivity contribution in [3.63, 3.8) is 0 Å². The maximum atomic E-state index is 11.3. The molecular weight excluding hydrogens is 248 g/mol. The lowest BCUT2D eigenvalue weighted by atomic mass is 10.2. The largest absolute Gasteiger partial charge is 0.490 e. The minimum absolute atomic E-state index is 0.0167. The molecule has 0 atom stereocenters. The second-order valence-electron chi connectivity index (χ2n) is 3.34. The first kappa shape index (κ1) is 13.2. The third-order valence-electron chi connectivity index (χ3n) is 2.22. The quantitative estimate of drug-likeness (QED) is 0.595. The lowest BCUT2D eigenvalue weighted by Gasteiger charge is -2.16. The summed E-state index contributed by atoms with van der Waals surface area (Å²) in [6.07, 6.45) is 1.04. The van der Waals surface area contributed by atoms with Gasteiger partial charge in [0.15, 0.2) is 5.75 Å². The molecule has 0 aliphatic carbocycles. The summed E-state index contributed by atoms with van der Waals surface area (Å²) in [5.74, 6) is 0.0167. The van der Waals surface area contributed by atoms with Crippen LogP contribution in [0.1, 0.15) is 0 Å². The minimum Gasteiger partial charge on any atom is -0.490 e. The van der Waals surface area contributed by atoms with Crippen LogP contribution < -0.4 is 9.04 Å². The first-order chi connectivity index (χ1) is 7.77. The number of nitrogens with zero attached hydrogens (tertiary/aromatic N) is 2. The van der Waals surface area contributed by atoms with Gasteiger partial charge >= 0.3 is 5.69 Å². The van der Waals surface area contributed by atoms with E-state index in [2.05, 4.69) is 0 Å². The molecule has 0 spiro atoms. The molecule has 7 nitrogen and oxygen atoms in total. The number of sulfonamides is 1. The van der Waals surface area contributed by atoms with Gasteiger partial charge in [-0.15, -0.1) is 0 Å². The van der Waals surface area contributed by atoms with Gasteiger partial charge < -0.3 is 4.74 Å². The molecule has 0 fully saturated rings. The van der Waals surface area contributed by atoms with E-state index in [1.165, 1.54) is 32.4 Å². The second kappa shape index (κ2) is 4.58. The molecule has 0 saturated carbocycles. The topological polar surface area (TPSA) is 89.8 Å². The zero-order valence-electron chi connectivity index (χ0n) is 9.58. The van der Waals surface area contributed by atoms with Gasteiger partial charge in [0.2, 0.25) is 10.0 Å². The third-order valence-corrected chi connectivity index (χ3v) is 3.43. The molecule has 0 aliphatic rings. The van der Waals surface area contributed by atoms with Crippen molar-refractivity contribution < 1.29 is 18.1 Å². The van der Waals surface area contributed by atoms with E-state index in [9.17, 15) is 18.5 Å². The van der Waals surface area contributed by atoms with Crippen LogP contribution in [-0.2, 0) is 10.0 Å². The van der Waals surface area contributed by atoms with E-state index < -0.39 is 14.9 Å². The lowest BCUT2D eigenvalue weighted by Crippen LogP contribution is -2.24. The highest BCUT2D eigenvalue weighted by Gasteiger charge is 2.18. The third kappa shape index (κ3) is 2.84. The van der Waals surface area contributed by atoms with Crippen LogP contribution >= 0.6 is 0 Å². The molecule has 0 N–H and O–H groups in total. The van der Waals surface area contributed by atoms with Crippen molar-refractivity contribution in [2.24, 2.45) is 0 Å². The average molecular weight is 260 g/mol. The van der Waals surface area contributed by atoms with E-state index in [0.29, 0.717) is 5.69 Å². The van der Waals surface area contributed by atoms with Crippen LogP contribution in [0.5, 0.6) is 5.75 Å². The number of nitro groups is 1. The molecule has 0 heterocycles. The zero-order chi connectivity index (χ0) is 13.2. The summed E-state index contributed by atoms with van der Waals surface area (Å²) >= 11 is 0. The number of ether oxygens (including phenoxy) is 1. The highest BCUT2D eigenvalue weighted by molar-refractivity contribution is 7.92. The molecule has 1 aromatic rings. The van der Waals surface area contributed by atoms with Crippen LogP contribution in [0, 0.1) is 10.1 Å². The van der Waals surface area contributed by atoms with Crippen molar-refractivity contribution in [3.05, 3.63) is 28.3 Å². The summed E-state index contributed by atoms with van der Waals surface area (Å²) in [5.41, 5.74) is 0.0908. The Labute approximate surface area is 98.8 Å². The molecule has 1 aromatic carbocycles. The molecular formula is C9H12N2O5S. The Morgan fingerprint density at radius 3 is 2.41 bits per heavy atom. The zero-order valence-corrected chi connectivity index (χ0v) is 10.4. The molecule has 17 heavy (non-hydrogen) atoms. The molecule has 0 amide bonds. The summed E-state index contributed by atoms with van der Waals surface area (Å²) in [6.45, 7) is 0. The van der Waals surface area contributed by atoms with Crippen molar-refractivity contribution in [2.45, 2.75) is 0 Å². The second-order valence-corrected chi connectivity index (χ2v) is 5.36. The Hall–Kier alpha value is -1.83. The number of rotatable bonds is 4. The molecule has 0 aromatic heterocycles. The van der Waals surface area contributed by atoms with Gasteiger partial charge in [-0.1, -0.05) is 0 Å². The van der Waals surface area contributed by atoms with Gasteiger partial charge in [0.25, 0.3) is 0 Å². The number of hydrogen-bond acceptors (Lipinski definition) is 5. The number of hydrogen-bond donors (Lipinski definition) is 0. The van der Waals surface area contributed by atoms with E-state index in [1.807, 2.05) is 0 Å². The highest BCUT2D eigenvalue weighted by Crippen LogP contribution is 2.31. The monoisotopic (exact) mass is 260 g/mol. The van der Waals surface area contributed by atoms with Crippen LogP contribution in [0.2, 0.25) is 0 Å². The van der Waals surface area contributed by atoms with E-state index >= 15 is 0 Å². The Morgan fingerprint density at radius 1 is 1.41 bits per heavy atom. The molecule has 0 unspecified atom stereocenters. The molecule has 94 valence electrons.